The fraction of sp³-hybridized carbons (Fsp3) is 0.333. The van der Waals surface area contributed by atoms with E-state index in [1.807, 2.05) is 6.07 Å². The van der Waals surface area contributed by atoms with Crippen LogP contribution in [0.15, 0.2) is 48.5 Å². The van der Waals surface area contributed by atoms with Crippen molar-refractivity contribution >= 4 is 0 Å². The fourth-order valence-electron chi connectivity index (χ4n) is 3.36. The molecule has 104 valence electrons. The maximum atomic E-state index is 5.32. The average Bonchev–Trinajstić information content (AvgIpc) is 2.84. The number of ether oxygens (including phenoxy) is 1. The molecule has 0 aromatic heterocycles. The number of nitrogens with one attached hydrogen (secondary N) is 1. The van der Waals surface area contributed by atoms with E-state index < -0.39 is 0 Å². The Morgan fingerprint density at radius 3 is 2.80 bits per heavy atom. The Hall–Kier alpha value is -1.80. The Balaban J connectivity index is 1.81. The molecule has 0 aliphatic heterocycles. The summed E-state index contributed by atoms with van der Waals surface area (Å²) in [5.41, 5.74) is 4.30. The molecule has 0 radical (unpaired) electrons. The van der Waals surface area contributed by atoms with Gasteiger partial charge in [-0.1, -0.05) is 36.4 Å². The third-order valence-corrected chi connectivity index (χ3v) is 4.29. The number of hydrogen-bond acceptors (Lipinski definition) is 2. The predicted molar refractivity (Wildman–Crippen MR) is 82.1 cm³/mol. The van der Waals surface area contributed by atoms with Crippen LogP contribution in [0.25, 0.3) is 0 Å². The van der Waals surface area contributed by atoms with Gasteiger partial charge in [0.05, 0.1) is 7.11 Å². The summed E-state index contributed by atoms with van der Waals surface area (Å²) in [6.07, 6.45) is 2.23. The predicted octanol–water partition coefficient (Wildman–Crippen LogP) is 3.37. The van der Waals surface area contributed by atoms with E-state index in [1.54, 1.807) is 7.11 Å². The van der Waals surface area contributed by atoms with E-state index in [0.717, 1.165) is 18.6 Å². The van der Waals surface area contributed by atoms with Crippen LogP contribution in [0.4, 0.5) is 0 Å². The minimum Gasteiger partial charge on any atom is -0.497 e. The molecule has 2 nitrogen and oxygen atoms in total. The molecule has 1 aliphatic carbocycles. The van der Waals surface area contributed by atoms with Gasteiger partial charge in [0.2, 0.25) is 0 Å². The lowest BCUT2D eigenvalue weighted by Gasteiger charge is -2.20. The number of hydrogen-bond donors (Lipinski definition) is 1. The molecule has 2 unspecified atom stereocenters. The molecular weight excluding hydrogens is 246 g/mol. The van der Waals surface area contributed by atoms with Gasteiger partial charge in [0, 0.05) is 6.04 Å². The van der Waals surface area contributed by atoms with Crippen LogP contribution in [0.1, 0.15) is 22.7 Å². The monoisotopic (exact) mass is 267 g/mol. The van der Waals surface area contributed by atoms with Gasteiger partial charge in [-0.3, -0.25) is 0 Å². The van der Waals surface area contributed by atoms with Crippen LogP contribution >= 0.6 is 0 Å². The standard InChI is InChI=1S/C18H21NO/c1-19-18-15(12-14-7-3-4-9-17(14)18)10-13-6-5-8-16(11-13)20-2/h3-9,11,15,18-19H,10,12H2,1-2H3. The molecule has 20 heavy (non-hydrogen) atoms. The van der Waals surface area contributed by atoms with Gasteiger partial charge in [0.1, 0.15) is 5.75 Å². The minimum atomic E-state index is 0.456. The Labute approximate surface area is 120 Å². The highest BCUT2D eigenvalue weighted by Crippen LogP contribution is 2.37. The van der Waals surface area contributed by atoms with E-state index in [-0.39, 0.29) is 0 Å². The zero-order valence-corrected chi connectivity index (χ0v) is 12.1. The van der Waals surface area contributed by atoms with Crippen molar-refractivity contribution in [3.63, 3.8) is 0 Å². The average molecular weight is 267 g/mol. The lowest BCUT2D eigenvalue weighted by molar-refractivity contribution is 0.403. The molecule has 0 bridgehead atoms. The summed E-state index contributed by atoms with van der Waals surface area (Å²) in [4.78, 5) is 0. The molecule has 2 aromatic carbocycles. The van der Waals surface area contributed by atoms with Crippen molar-refractivity contribution in [1.82, 2.24) is 5.32 Å². The normalized spacial score (nSPS) is 20.7. The Bertz CT molecular complexity index is 593. The molecule has 1 aliphatic rings. The largest absolute Gasteiger partial charge is 0.497 e. The summed E-state index contributed by atoms with van der Waals surface area (Å²) < 4.78 is 5.32. The Morgan fingerprint density at radius 1 is 1.15 bits per heavy atom. The first-order valence-corrected chi connectivity index (χ1v) is 7.20. The second-order valence-electron chi connectivity index (χ2n) is 5.49. The van der Waals surface area contributed by atoms with E-state index in [1.165, 1.54) is 16.7 Å². The Morgan fingerprint density at radius 2 is 2.00 bits per heavy atom. The molecule has 1 N–H and O–H groups in total. The smallest absolute Gasteiger partial charge is 0.119 e. The first kappa shape index (κ1) is 13.2. The third kappa shape index (κ3) is 2.44. The number of methoxy groups -OCH3 is 1. The van der Waals surface area contributed by atoms with E-state index in [9.17, 15) is 0 Å². The van der Waals surface area contributed by atoms with E-state index in [2.05, 4.69) is 54.8 Å². The van der Waals surface area contributed by atoms with Gasteiger partial charge in [0.15, 0.2) is 0 Å². The molecule has 0 saturated carbocycles. The molecule has 2 atom stereocenters. The molecule has 0 amide bonds. The van der Waals surface area contributed by atoms with E-state index in [0.29, 0.717) is 12.0 Å². The van der Waals surface area contributed by atoms with Crippen LogP contribution in [0.3, 0.4) is 0 Å². The second kappa shape index (κ2) is 5.68. The summed E-state index contributed by atoms with van der Waals surface area (Å²) in [5.74, 6) is 1.56. The van der Waals surface area contributed by atoms with E-state index in [4.69, 9.17) is 4.74 Å². The number of fused-ring (bicyclic) bond motifs is 1. The maximum Gasteiger partial charge on any atom is 0.119 e. The van der Waals surface area contributed by atoms with Crippen molar-refractivity contribution in [3.05, 3.63) is 65.2 Å². The van der Waals surface area contributed by atoms with Gasteiger partial charge in [-0.15, -0.1) is 0 Å². The topological polar surface area (TPSA) is 21.3 Å². The van der Waals surface area contributed by atoms with Gasteiger partial charge in [0.25, 0.3) is 0 Å². The van der Waals surface area contributed by atoms with Crippen molar-refractivity contribution in [2.24, 2.45) is 5.92 Å². The molecule has 2 aromatic rings. The summed E-state index contributed by atoms with van der Waals surface area (Å²) in [6, 6.07) is 17.7. The van der Waals surface area contributed by atoms with Crippen LogP contribution < -0.4 is 10.1 Å². The van der Waals surface area contributed by atoms with Gasteiger partial charge >= 0.3 is 0 Å². The van der Waals surface area contributed by atoms with Crippen LogP contribution in [0, 0.1) is 5.92 Å². The molecule has 0 saturated heterocycles. The highest BCUT2D eigenvalue weighted by Gasteiger charge is 2.30. The zero-order chi connectivity index (χ0) is 13.9. The quantitative estimate of drug-likeness (QED) is 0.917. The van der Waals surface area contributed by atoms with Crippen molar-refractivity contribution in [2.45, 2.75) is 18.9 Å². The maximum absolute atomic E-state index is 5.32. The fourth-order valence-corrected chi connectivity index (χ4v) is 3.36. The van der Waals surface area contributed by atoms with Gasteiger partial charge in [-0.25, -0.2) is 0 Å². The molecule has 3 rings (SSSR count). The Kier molecular flexibility index (Phi) is 3.75. The van der Waals surface area contributed by atoms with Crippen molar-refractivity contribution < 1.29 is 4.74 Å². The SMILES string of the molecule is CNC1c2ccccc2CC1Cc1cccc(OC)c1. The van der Waals surface area contributed by atoms with Crippen LogP contribution in [0.2, 0.25) is 0 Å². The van der Waals surface area contributed by atoms with Crippen molar-refractivity contribution in [1.29, 1.82) is 0 Å². The summed E-state index contributed by atoms with van der Waals surface area (Å²) in [7, 11) is 3.78. The van der Waals surface area contributed by atoms with Gasteiger partial charge < -0.3 is 10.1 Å². The highest BCUT2D eigenvalue weighted by molar-refractivity contribution is 5.37. The van der Waals surface area contributed by atoms with Gasteiger partial charge in [-0.2, -0.15) is 0 Å². The zero-order valence-electron chi connectivity index (χ0n) is 12.1. The minimum absolute atomic E-state index is 0.456. The van der Waals surface area contributed by atoms with Crippen LogP contribution in [-0.4, -0.2) is 14.2 Å². The van der Waals surface area contributed by atoms with Crippen LogP contribution in [-0.2, 0) is 12.8 Å². The highest BCUT2D eigenvalue weighted by atomic mass is 16.5. The van der Waals surface area contributed by atoms with Crippen LogP contribution in [0.5, 0.6) is 5.75 Å². The molecule has 0 fully saturated rings. The number of benzene rings is 2. The van der Waals surface area contributed by atoms with E-state index >= 15 is 0 Å². The first-order valence-electron chi connectivity index (χ1n) is 7.20. The molecule has 0 heterocycles. The van der Waals surface area contributed by atoms with Crippen molar-refractivity contribution in [3.8, 4) is 5.75 Å². The summed E-state index contributed by atoms with van der Waals surface area (Å²) in [6.45, 7) is 0. The lowest BCUT2D eigenvalue weighted by Crippen LogP contribution is -2.23. The molecular formula is C18H21NO. The number of rotatable bonds is 4. The first-order chi connectivity index (χ1) is 9.81. The van der Waals surface area contributed by atoms with Crippen molar-refractivity contribution in [2.75, 3.05) is 14.2 Å². The lowest BCUT2D eigenvalue weighted by atomic mass is 9.93. The summed E-state index contributed by atoms with van der Waals surface area (Å²) in [5, 5.41) is 3.49. The van der Waals surface area contributed by atoms with Gasteiger partial charge in [-0.05, 0) is 54.6 Å². The molecule has 0 spiro atoms. The summed E-state index contributed by atoms with van der Waals surface area (Å²) >= 11 is 0. The second-order valence-corrected chi connectivity index (χ2v) is 5.49. The molecule has 2 heteroatoms. The third-order valence-electron chi connectivity index (χ3n) is 4.29.